The topological polar surface area (TPSA) is 77.5 Å². The quantitative estimate of drug-likeness (QED) is 0.581. The van der Waals surface area contributed by atoms with Gasteiger partial charge >= 0.3 is 0 Å². The lowest BCUT2D eigenvalue weighted by molar-refractivity contribution is -0.384. The second kappa shape index (κ2) is 8.10. The Bertz CT molecular complexity index is 672. The van der Waals surface area contributed by atoms with Crippen molar-refractivity contribution in [2.24, 2.45) is 0 Å². The monoisotopic (exact) mass is 338 g/mol. The van der Waals surface area contributed by atoms with Gasteiger partial charge in [-0.25, -0.2) is 0 Å². The van der Waals surface area contributed by atoms with Crippen molar-refractivity contribution in [1.82, 2.24) is 5.32 Å². The third-order valence-electron chi connectivity index (χ3n) is 3.47. The second-order valence-electron chi connectivity index (χ2n) is 5.25. The van der Waals surface area contributed by atoms with Crippen molar-refractivity contribution in [2.75, 3.05) is 13.7 Å². The van der Waals surface area contributed by atoms with Gasteiger partial charge in [0.25, 0.3) is 5.69 Å². The van der Waals surface area contributed by atoms with Crippen LogP contribution in [0.15, 0.2) is 34.7 Å². The van der Waals surface area contributed by atoms with E-state index in [4.69, 9.17) is 20.8 Å². The molecule has 0 aliphatic rings. The summed E-state index contributed by atoms with van der Waals surface area (Å²) in [5.41, 5.74) is 0.593. The minimum Gasteiger partial charge on any atom is -0.460 e. The number of halogens is 1. The van der Waals surface area contributed by atoms with E-state index in [9.17, 15) is 10.1 Å². The van der Waals surface area contributed by atoms with Crippen LogP contribution in [0, 0.1) is 10.1 Å². The van der Waals surface area contributed by atoms with Crippen LogP contribution in [0.4, 0.5) is 5.69 Å². The first-order valence-corrected chi connectivity index (χ1v) is 7.64. The van der Waals surface area contributed by atoms with Gasteiger partial charge in [-0.15, -0.1) is 0 Å². The molecular formula is C16H19ClN2O4. The Hall–Kier alpha value is -1.89. The number of nitrogens with zero attached hydrogens (tertiary/aromatic N) is 1. The van der Waals surface area contributed by atoms with Crippen LogP contribution in [0.25, 0.3) is 11.3 Å². The van der Waals surface area contributed by atoms with E-state index in [0.29, 0.717) is 35.5 Å². The molecule has 0 radical (unpaired) electrons. The van der Waals surface area contributed by atoms with Crippen LogP contribution < -0.4 is 5.32 Å². The molecule has 2 aromatic rings. The van der Waals surface area contributed by atoms with Crippen LogP contribution in [0.1, 0.15) is 19.1 Å². The van der Waals surface area contributed by atoms with Crippen molar-refractivity contribution in [1.29, 1.82) is 0 Å². The molecule has 0 spiro atoms. The van der Waals surface area contributed by atoms with E-state index in [2.05, 4.69) is 12.2 Å². The van der Waals surface area contributed by atoms with E-state index < -0.39 is 4.92 Å². The van der Waals surface area contributed by atoms with Gasteiger partial charge in [0.15, 0.2) is 0 Å². The number of methoxy groups -OCH3 is 1. The number of benzene rings is 1. The van der Waals surface area contributed by atoms with Crippen LogP contribution in [0.3, 0.4) is 0 Å². The van der Waals surface area contributed by atoms with Crippen LogP contribution in [-0.4, -0.2) is 24.7 Å². The molecule has 1 aromatic heterocycles. The number of hydrogen-bond donors (Lipinski definition) is 1. The average molecular weight is 339 g/mol. The maximum atomic E-state index is 10.7. The van der Waals surface area contributed by atoms with Crippen molar-refractivity contribution < 1.29 is 14.1 Å². The third kappa shape index (κ3) is 4.79. The van der Waals surface area contributed by atoms with Crippen LogP contribution in [0.5, 0.6) is 0 Å². The fourth-order valence-electron chi connectivity index (χ4n) is 2.11. The average Bonchev–Trinajstić information content (AvgIpc) is 2.99. The molecule has 1 N–H and O–H groups in total. The highest BCUT2D eigenvalue weighted by atomic mass is 35.5. The maximum Gasteiger partial charge on any atom is 0.270 e. The summed E-state index contributed by atoms with van der Waals surface area (Å²) in [6.07, 6.45) is 0.915. The van der Waals surface area contributed by atoms with E-state index in [-0.39, 0.29) is 5.69 Å². The molecule has 23 heavy (non-hydrogen) atoms. The lowest BCUT2D eigenvalue weighted by atomic mass is 10.1. The molecule has 1 heterocycles. The van der Waals surface area contributed by atoms with Gasteiger partial charge in [0.2, 0.25) is 0 Å². The van der Waals surface area contributed by atoms with Gasteiger partial charge in [0.1, 0.15) is 11.5 Å². The van der Waals surface area contributed by atoms with Gasteiger partial charge in [0, 0.05) is 37.5 Å². The minimum absolute atomic E-state index is 0.0424. The van der Waals surface area contributed by atoms with Gasteiger partial charge in [-0.2, -0.15) is 0 Å². The number of furan rings is 1. The van der Waals surface area contributed by atoms with E-state index in [0.717, 1.165) is 12.2 Å². The Balaban J connectivity index is 2.03. The summed E-state index contributed by atoms with van der Waals surface area (Å²) in [6.45, 7) is 3.38. The van der Waals surface area contributed by atoms with Crippen LogP contribution in [0.2, 0.25) is 5.02 Å². The molecule has 6 nitrogen and oxygen atoms in total. The summed E-state index contributed by atoms with van der Waals surface area (Å²) in [6, 6.07) is 8.31. The summed E-state index contributed by atoms with van der Waals surface area (Å²) in [5.74, 6) is 1.37. The zero-order chi connectivity index (χ0) is 16.8. The first-order valence-electron chi connectivity index (χ1n) is 7.26. The van der Waals surface area contributed by atoms with Crippen molar-refractivity contribution in [3.05, 3.63) is 51.2 Å². The summed E-state index contributed by atoms with van der Waals surface area (Å²) in [4.78, 5) is 10.3. The zero-order valence-corrected chi connectivity index (χ0v) is 13.8. The Kier molecular flexibility index (Phi) is 6.15. The number of nitro benzene ring substituents is 1. The molecule has 7 heteroatoms. The van der Waals surface area contributed by atoms with Crippen LogP contribution in [-0.2, 0) is 11.3 Å². The fraction of sp³-hybridized carbons (Fsp3) is 0.375. The molecule has 2 rings (SSSR count). The number of rotatable bonds is 8. The molecule has 0 bridgehead atoms. The number of nitrogens with one attached hydrogen (secondary N) is 1. The lowest BCUT2D eigenvalue weighted by Crippen LogP contribution is -2.26. The minimum atomic E-state index is -0.478. The SMILES string of the molecule is COCCC(C)NCc1ccc(-c2ccc([N+](=O)[O-])cc2Cl)o1. The van der Waals surface area contributed by atoms with E-state index in [1.54, 1.807) is 13.2 Å². The van der Waals surface area contributed by atoms with Gasteiger partial charge in [-0.3, -0.25) is 10.1 Å². The second-order valence-corrected chi connectivity index (χ2v) is 5.66. The van der Waals surface area contributed by atoms with Crippen molar-refractivity contribution >= 4 is 17.3 Å². The van der Waals surface area contributed by atoms with Crippen LogP contribution >= 0.6 is 11.6 Å². The van der Waals surface area contributed by atoms with Crippen molar-refractivity contribution in [3.8, 4) is 11.3 Å². The summed E-state index contributed by atoms with van der Waals surface area (Å²) in [7, 11) is 1.68. The van der Waals surface area contributed by atoms with Gasteiger partial charge in [-0.05, 0) is 31.5 Å². The molecule has 0 fully saturated rings. The normalized spacial score (nSPS) is 12.3. The largest absolute Gasteiger partial charge is 0.460 e. The lowest BCUT2D eigenvalue weighted by Gasteiger charge is -2.11. The summed E-state index contributed by atoms with van der Waals surface area (Å²) >= 11 is 6.11. The number of nitro groups is 1. The Morgan fingerprint density at radius 2 is 2.17 bits per heavy atom. The van der Waals surface area contributed by atoms with Crippen molar-refractivity contribution in [3.63, 3.8) is 0 Å². The third-order valence-corrected chi connectivity index (χ3v) is 3.78. The van der Waals surface area contributed by atoms with E-state index in [1.807, 2.05) is 12.1 Å². The highest BCUT2D eigenvalue weighted by Gasteiger charge is 2.13. The Labute approximate surface area is 139 Å². The fourth-order valence-corrected chi connectivity index (χ4v) is 2.37. The number of hydrogen-bond acceptors (Lipinski definition) is 5. The Morgan fingerprint density at radius 3 is 2.83 bits per heavy atom. The molecule has 0 aliphatic heterocycles. The zero-order valence-electron chi connectivity index (χ0n) is 13.0. The standard InChI is InChI=1S/C16H19ClN2O4/c1-11(7-8-22-2)18-10-13-4-6-16(23-13)14-5-3-12(19(20)21)9-15(14)17/h3-6,9,11,18H,7-8,10H2,1-2H3. The van der Waals surface area contributed by atoms with Gasteiger partial charge < -0.3 is 14.5 Å². The summed E-state index contributed by atoms with van der Waals surface area (Å²) in [5, 5.41) is 14.4. The van der Waals surface area contributed by atoms with Gasteiger partial charge in [-0.1, -0.05) is 11.6 Å². The highest BCUT2D eigenvalue weighted by Crippen LogP contribution is 2.32. The van der Waals surface area contributed by atoms with E-state index in [1.165, 1.54) is 12.1 Å². The molecular weight excluding hydrogens is 320 g/mol. The maximum absolute atomic E-state index is 10.7. The van der Waals surface area contributed by atoms with E-state index >= 15 is 0 Å². The van der Waals surface area contributed by atoms with Crippen molar-refractivity contribution in [2.45, 2.75) is 25.9 Å². The highest BCUT2D eigenvalue weighted by molar-refractivity contribution is 6.33. The molecule has 1 unspecified atom stereocenters. The predicted molar refractivity (Wildman–Crippen MR) is 88.6 cm³/mol. The smallest absolute Gasteiger partial charge is 0.270 e. The number of ether oxygens (including phenoxy) is 1. The Morgan fingerprint density at radius 1 is 1.39 bits per heavy atom. The first kappa shape index (κ1) is 17.5. The molecule has 1 aromatic carbocycles. The first-order chi connectivity index (χ1) is 11.0. The molecule has 0 saturated carbocycles. The predicted octanol–water partition coefficient (Wildman–Crippen LogP) is 4.02. The molecule has 0 saturated heterocycles. The molecule has 1 atom stereocenters. The number of non-ortho nitro benzene ring substituents is 1. The summed E-state index contributed by atoms with van der Waals surface area (Å²) < 4.78 is 10.8. The van der Waals surface area contributed by atoms with Gasteiger partial charge in [0.05, 0.1) is 16.5 Å². The molecule has 0 aliphatic carbocycles. The molecule has 124 valence electrons. The molecule has 0 amide bonds.